The summed E-state index contributed by atoms with van der Waals surface area (Å²) in [6, 6.07) is 4.85. The lowest BCUT2D eigenvalue weighted by Crippen LogP contribution is -2.52. The van der Waals surface area contributed by atoms with Gasteiger partial charge in [-0.3, -0.25) is 14.9 Å². The van der Waals surface area contributed by atoms with Crippen LogP contribution in [0, 0.1) is 22.0 Å². The Hall–Kier alpha value is -1.75. The predicted molar refractivity (Wildman–Crippen MR) is 106 cm³/mol. The number of carbonyl (C=O) groups is 1. The quantitative estimate of drug-likeness (QED) is 0.550. The van der Waals surface area contributed by atoms with Crippen LogP contribution in [0.2, 0.25) is 0 Å². The van der Waals surface area contributed by atoms with Crippen molar-refractivity contribution in [2.45, 2.75) is 24.2 Å². The van der Waals surface area contributed by atoms with E-state index >= 15 is 0 Å². The number of benzene rings is 1. The van der Waals surface area contributed by atoms with Gasteiger partial charge in [0.05, 0.1) is 9.82 Å². The number of nitro benzene ring substituents is 1. The molecule has 1 aromatic rings. The molecule has 0 radical (unpaired) electrons. The van der Waals surface area contributed by atoms with Crippen LogP contribution in [-0.2, 0) is 14.8 Å². The van der Waals surface area contributed by atoms with Crippen molar-refractivity contribution < 1.29 is 18.1 Å². The van der Waals surface area contributed by atoms with Gasteiger partial charge in [-0.05, 0) is 37.4 Å². The molecule has 3 rings (SSSR count). The van der Waals surface area contributed by atoms with E-state index in [9.17, 15) is 23.3 Å². The zero-order valence-electron chi connectivity index (χ0n) is 15.4. The summed E-state index contributed by atoms with van der Waals surface area (Å²) in [5, 5.41) is 10.7. The fraction of sp³-hybridized carbons (Fsp3) is 0.588. The summed E-state index contributed by atoms with van der Waals surface area (Å²) < 4.78 is 26.8. The fourth-order valence-electron chi connectivity index (χ4n) is 3.92. The molecule has 11 heteroatoms. The zero-order valence-corrected chi connectivity index (χ0v) is 17.0. The Morgan fingerprint density at radius 2 is 1.75 bits per heavy atom. The van der Waals surface area contributed by atoms with Crippen molar-refractivity contribution in [2.24, 2.45) is 17.6 Å². The number of hydrogen-bond donors (Lipinski definition) is 1. The van der Waals surface area contributed by atoms with E-state index in [4.69, 9.17) is 5.73 Å². The van der Waals surface area contributed by atoms with E-state index in [-0.39, 0.29) is 53.8 Å². The summed E-state index contributed by atoms with van der Waals surface area (Å²) in [7, 11) is -3.74. The van der Waals surface area contributed by atoms with E-state index in [1.807, 2.05) is 0 Å². The number of nitrogens with two attached hydrogens (primary N) is 1. The van der Waals surface area contributed by atoms with Crippen molar-refractivity contribution in [1.82, 2.24) is 9.21 Å². The standard InChI is InChI=1S/C17H24N4O5S.ClH/c18-12-13-2-1-3-16(13)17(22)19-8-10-20(11-9-19)27(25,26)15-6-4-14(5-7-15)21(23)24;/h4-7,13,16H,1-3,8-12,18H2;1H/t13-,16-;/m1./s1. The molecule has 1 amide bonds. The normalized spacial score (nSPS) is 23.2. The van der Waals surface area contributed by atoms with Gasteiger partial charge in [-0.1, -0.05) is 6.42 Å². The molecular weight excluding hydrogens is 408 g/mol. The Balaban J connectivity index is 0.00000280. The number of hydrogen-bond acceptors (Lipinski definition) is 6. The molecule has 28 heavy (non-hydrogen) atoms. The lowest BCUT2D eigenvalue weighted by atomic mass is 9.94. The van der Waals surface area contributed by atoms with Gasteiger partial charge >= 0.3 is 0 Å². The number of carbonyl (C=O) groups excluding carboxylic acids is 1. The van der Waals surface area contributed by atoms with E-state index in [2.05, 4.69) is 0 Å². The van der Waals surface area contributed by atoms with Crippen LogP contribution in [0.1, 0.15) is 19.3 Å². The minimum Gasteiger partial charge on any atom is -0.340 e. The topological polar surface area (TPSA) is 127 Å². The van der Waals surface area contributed by atoms with Gasteiger partial charge in [0.15, 0.2) is 0 Å². The van der Waals surface area contributed by atoms with Gasteiger partial charge in [0.25, 0.3) is 5.69 Å². The van der Waals surface area contributed by atoms with Crippen LogP contribution in [0.4, 0.5) is 5.69 Å². The number of piperazine rings is 1. The molecule has 2 N–H and O–H groups in total. The summed E-state index contributed by atoms with van der Waals surface area (Å²) in [5.41, 5.74) is 5.61. The van der Waals surface area contributed by atoms with Crippen molar-refractivity contribution in [3.8, 4) is 0 Å². The van der Waals surface area contributed by atoms with E-state index in [0.717, 1.165) is 19.3 Å². The Morgan fingerprint density at radius 1 is 1.14 bits per heavy atom. The molecular formula is C17H25ClN4O5S. The first-order valence-corrected chi connectivity index (χ1v) is 10.5. The van der Waals surface area contributed by atoms with Crippen LogP contribution in [0.3, 0.4) is 0 Å². The Bertz CT molecular complexity index is 809. The molecule has 2 aliphatic rings. The summed E-state index contributed by atoms with van der Waals surface area (Å²) >= 11 is 0. The predicted octanol–water partition coefficient (Wildman–Crippen LogP) is 1.22. The number of rotatable bonds is 5. The first kappa shape index (κ1) is 22.5. The summed E-state index contributed by atoms with van der Waals surface area (Å²) in [6.07, 6.45) is 2.83. The molecule has 0 unspecified atom stereocenters. The molecule has 0 bridgehead atoms. The van der Waals surface area contributed by atoms with Gasteiger partial charge in [-0.25, -0.2) is 8.42 Å². The maximum Gasteiger partial charge on any atom is 0.269 e. The summed E-state index contributed by atoms with van der Waals surface area (Å²) in [5.74, 6) is 0.252. The lowest BCUT2D eigenvalue weighted by molar-refractivity contribution is -0.384. The highest BCUT2D eigenvalue weighted by molar-refractivity contribution is 7.89. The molecule has 2 atom stereocenters. The van der Waals surface area contributed by atoms with Crippen LogP contribution < -0.4 is 5.73 Å². The highest BCUT2D eigenvalue weighted by atomic mass is 35.5. The Morgan fingerprint density at radius 3 is 2.29 bits per heavy atom. The van der Waals surface area contributed by atoms with Gasteiger partial charge < -0.3 is 10.6 Å². The van der Waals surface area contributed by atoms with Gasteiger partial charge in [-0.15, -0.1) is 12.4 Å². The van der Waals surface area contributed by atoms with Gasteiger partial charge in [0.2, 0.25) is 15.9 Å². The van der Waals surface area contributed by atoms with E-state index < -0.39 is 14.9 Å². The minimum atomic E-state index is -3.74. The van der Waals surface area contributed by atoms with Crippen LogP contribution in [0.5, 0.6) is 0 Å². The molecule has 9 nitrogen and oxygen atoms in total. The minimum absolute atomic E-state index is 0. The van der Waals surface area contributed by atoms with Crippen molar-refractivity contribution >= 4 is 34.0 Å². The van der Waals surface area contributed by atoms with Gasteiger partial charge in [0.1, 0.15) is 0 Å². The van der Waals surface area contributed by atoms with Gasteiger partial charge in [-0.2, -0.15) is 4.31 Å². The van der Waals surface area contributed by atoms with Crippen LogP contribution in [0.15, 0.2) is 29.2 Å². The molecule has 2 fully saturated rings. The number of sulfonamides is 1. The summed E-state index contributed by atoms with van der Waals surface area (Å²) in [6.45, 7) is 1.62. The molecule has 0 spiro atoms. The highest BCUT2D eigenvalue weighted by Crippen LogP contribution is 2.33. The second kappa shape index (κ2) is 9.17. The highest BCUT2D eigenvalue weighted by Gasteiger charge is 2.37. The van der Waals surface area contributed by atoms with Crippen molar-refractivity contribution in [3.05, 3.63) is 34.4 Å². The smallest absolute Gasteiger partial charge is 0.269 e. The maximum absolute atomic E-state index is 12.7. The monoisotopic (exact) mass is 432 g/mol. The molecule has 1 aromatic carbocycles. The van der Waals surface area contributed by atoms with Crippen molar-refractivity contribution in [1.29, 1.82) is 0 Å². The van der Waals surface area contributed by atoms with Crippen LogP contribution in [0.25, 0.3) is 0 Å². The average Bonchev–Trinajstić information content (AvgIpc) is 3.16. The third-order valence-corrected chi connectivity index (χ3v) is 7.43. The van der Waals surface area contributed by atoms with Crippen molar-refractivity contribution in [3.63, 3.8) is 0 Å². The number of non-ortho nitro benzene ring substituents is 1. The Kier molecular flexibility index (Phi) is 7.38. The van der Waals surface area contributed by atoms with Crippen molar-refractivity contribution in [2.75, 3.05) is 32.7 Å². The van der Waals surface area contributed by atoms with E-state index in [1.165, 1.54) is 28.6 Å². The molecule has 0 aromatic heterocycles. The van der Waals surface area contributed by atoms with Crippen LogP contribution in [-0.4, -0.2) is 61.2 Å². The third kappa shape index (κ3) is 4.45. The first-order valence-electron chi connectivity index (χ1n) is 9.08. The zero-order chi connectivity index (χ0) is 19.6. The lowest BCUT2D eigenvalue weighted by Gasteiger charge is -2.36. The number of halogens is 1. The number of nitrogens with zero attached hydrogens (tertiary/aromatic N) is 3. The van der Waals surface area contributed by atoms with Crippen LogP contribution >= 0.6 is 12.4 Å². The maximum atomic E-state index is 12.7. The number of nitro groups is 1. The molecule has 1 saturated heterocycles. The van der Waals surface area contributed by atoms with Gasteiger partial charge in [0, 0.05) is 44.2 Å². The molecule has 1 aliphatic heterocycles. The largest absolute Gasteiger partial charge is 0.340 e. The second-order valence-corrected chi connectivity index (χ2v) is 8.95. The Labute approximate surface area is 170 Å². The summed E-state index contributed by atoms with van der Waals surface area (Å²) in [4.78, 5) is 24.6. The van der Waals surface area contributed by atoms with E-state index in [0.29, 0.717) is 19.6 Å². The fourth-order valence-corrected chi connectivity index (χ4v) is 5.34. The van der Waals surface area contributed by atoms with E-state index in [1.54, 1.807) is 4.90 Å². The first-order chi connectivity index (χ1) is 12.8. The number of amides is 1. The molecule has 1 heterocycles. The molecule has 156 valence electrons. The third-order valence-electron chi connectivity index (χ3n) is 5.51. The molecule has 1 saturated carbocycles. The SMILES string of the molecule is Cl.NC[C@H]1CCC[C@H]1C(=O)N1CCN(S(=O)(=O)c2ccc([N+](=O)[O-])cc2)CC1. The average molecular weight is 433 g/mol. The molecule has 1 aliphatic carbocycles. The second-order valence-electron chi connectivity index (χ2n) is 7.01.